The molecule has 108 valence electrons. The summed E-state index contributed by atoms with van der Waals surface area (Å²) in [5, 5.41) is 6.12. The van der Waals surface area contributed by atoms with Crippen LogP contribution in [-0.2, 0) is 9.59 Å². The number of amides is 2. The minimum absolute atomic E-state index is 0.0603. The molecule has 2 heterocycles. The standard InChI is InChI=1S/C14H25N3O2/c1-11-9-15-10-12(11)14(19)16-6-5-13(18)17-7-3-2-4-8-17/h11-12,15H,2-10H2,1H3,(H,16,19). The van der Waals surface area contributed by atoms with Crippen LogP contribution < -0.4 is 10.6 Å². The van der Waals surface area contributed by atoms with Gasteiger partial charge in [-0.05, 0) is 31.7 Å². The summed E-state index contributed by atoms with van der Waals surface area (Å²) in [6.45, 7) is 5.99. The Bertz CT molecular complexity index is 327. The summed E-state index contributed by atoms with van der Waals surface area (Å²) in [5.74, 6) is 0.712. The van der Waals surface area contributed by atoms with Gasteiger partial charge >= 0.3 is 0 Å². The summed E-state index contributed by atoms with van der Waals surface area (Å²) in [6.07, 6.45) is 3.89. The van der Waals surface area contributed by atoms with Gasteiger partial charge in [0.1, 0.15) is 0 Å². The Morgan fingerprint density at radius 2 is 1.95 bits per heavy atom. The molecule has 0 aromatic carbocycles. The molecule has 2 atom stereocenters. The average molecular weight is 267 g/mol. The Kier molecular flexibility index (Phi) is 5.19. The molecule has 2 saturated heterocycles. The normalized spacial score (nSPS) is 27.3. The first-order valence-electron chi connectivity index (χ1n) is 7.44. The van der Waals surface area contributed by atoms with Gasteiger partial charge in [-0.2, -0.15) is 0 Å². The van der Waals surface area contributed by atoms with Crippen LogP contribution in [0.25, 0.3) is 0 Å². The van der Waals surface area contributed by atoms with Gasteiger partial charge < -0.3 is 15.5 Å². The lowest BCUT2D eigenvalue weighted by Crippen LogP contribution is -2.39. The SMILES string of the molecule is CC1CNCC1C(=O)NCCC(=O)N1CCCCC1. The van der Waals surface area contributed by atoms with E-state index in [0.29, 0.717) is 18.9 Å². The molecule has 2 rings (SSSR count). The van der Waals surface area contributed by atoms with Crippen molar-refractivity contribution in [1.82, 2.24) is 15.5 Å². The fourth-order valence-electron chi connectivity index (χ4n) is 2.89. The van der Waals surface area contributed by atoms with E-state index in [1.165, 1.54) is 6.42 Å². The number of carbonyl (C=O) groups is 2. The number of hydrogen-bond donors (Lipinski definition) is 2. The summed E-state index contributed by atoms with van der Waals surface area (Å²) < 4.78 is 0. The lowest BCUT2D eigenvalue weighted by atomic mass is 9.97. The maximum Gasteiger partial charge on any atom is 0.224 e. The molecule has 2 aliphatic heterocycles. The van der Waals surface area contributed by atoms with E-state index in [-0.39, 0.29) is 17.7 Å². The largest absolute Gasteiger partial charge is 0.355 e. The zero-order valence-corrected chi connectivity index (χ0v) is 11.8. The van der Waals surface area contributed by atoms with Crippen molar-refractivity contribution in [3.63, 3.8) is 0 Å². The second-order valence-electron chi connectivity index (χ2n) is 5.72. The van der Waals surface area contributed by atoms with Crippen LogP contribution in [-0.4, -0.2) is 49.4 Å². The van der Waals surface area contributed by atoms with Crippen molar-refractivity contribution >= 4 is 11.8 Å². The van der Waals surface area contributed by atoms with E-state index in [2.05, 4.69) is 17.6 Å². The fourth-order valence-corrected chi connectivity index (χ4v) is 2.89. The molecule has 2 N–H and O–H groups in total. The highest BCUT2D eigenvalue weighted by Gasteiger charge is 2.29. The Morgan fingerprint density at radius 1 is 1.21 bits per heavy atom. The lowest BCUT2D eigenvalue weighted by Gasteiger charge is -2.26. The minimum Gasteiger partial charge on any atom is -0.355 e. The first-order chi connectivity index (χ1) is 9.18. The van der Waals surface area contributed by atoms with Crippen LogP contribution in [0.1, 0.15) is 32.6 Å². The van der Waals surface area contributed by atoms with Gasteiger partial charge in [-0.25, -0.2) is 0 Å². The molecule has 0 radical (unpaired) electrons. The molecular formula is C14H25N3O2. The Morgan fingerprint density at radius 3 is 2.58 bits per heavy atom. The van der Waals surface area contributed by atoms with Crippen molar-refractivity contribution < 1.29 is 9.59 Å². The van der Waals surface area contributed by atoms with Crippen LogP contribution in [0.2, 0.25) is 0 Å². The highest BCUT2D eigenvalue weighted by atomic mass is 16.2. The van der Waals surface area contributed by atoms with Gasteiger partial charge in [0.2, 0.25) is 11.8 Å². The van der Waals surface area contributed by atoms with Crippen molar-refractivity contribution in [2.24, 2.45) is 11.8 Å². The number of likely N-dealkylation sites (tertiary alicyclic amines) is 1. The van der Waals surface area contributed by atoms with E-state index in [1.807, 2.05) is 4.90 Å². The maximum atomic E-state index is 11.9. The molecule has 19 heavy (non-hydrogen) atoms. The third kappa shape index (κ3) is 3.93. The van der Waals surface area contributed by atoms with E-state index < -0.39 is 0 Å². The number of nitrogens with zero attached hydrogens (tertiary/aromatic N) is 1. The summed E-state index contributed by atoms with van der Waals surface area (Å²) in [4.78, 5) is 25.8. The molecule has 0 bridgehead atoms. The smallest absolute Gasteiger partial charge is 0.224 e. The summed E-state index contributed by atoms with van der Waals surface area (Å²) in [5.41, 5.74) is 0. The Labute approximate surface area is 115 Å². The average Bonchev–Trinajstić information content (AvgIpc) is 2.86. The zero-order chi connectivity index (χ0) is 13.7. The van der Waals surface area contributed by atoms with Gasteiger partial charge in [0, 0.05) is 32.6 Å². The van der Waals surface area contributed by atoms with Crippen molar-refractivity contribution in [2.45, 2.75) is 32.6 Å². The molecule has 5 heteroatoms. The van der Waals surface area contributed by atoms with Crippen LogP contribution >= 0.6 is 0 Å². The predicted molar refractivity (Wildman–Crippen MR) is 73.6 cm³/mol. The van der Waals surface area contributed by atoms with Gasteiger partial charge in [0.15, 0.2) is 0 Å². The fraction of sp³-hybridized carbons (Fsp3) is 0.857. The minimum atomic E-state index is 0.0603. The number of rotatable bonds is 4. The zero-order valence-electron chi connectivity index (χ0n) is 11.8. The van der Waals surface area contributed by atoms with Crippen LogP contribution in [0.15, 0.2) is 0 Å². The van der Waals surface area contributed by atoms with Gasteiger partial charge in [0.25, 0.3) is 0 Å². The molecule has 0 spiro atoms. The monoisotopic (exact) mass is 267 g/mol. The van der Waals surface area contributed by atoms with Gasteiger partial charge in [-0.15, -0.1) is 0 Å². The van der Waals surface area contributed by atoms with Gasteiger partial charge in [-0.1, -0.05) is 6.92 Å². The second kappa shape index (κ2) is 6.89. The highest BCUT2D eigenvalue weighted by molar-refractivity contribution is 5.81. The maximum absolute atomic E-state index is 11.9. The molecule has 2 amide bonds. The number of piperidine rings is 1. The summed E-state index contributed by atoms with van der Waals surface area (Å²) in [7, 11) is 0. The number of carbonyl (C=O) groups excluding carboxylic acids is 2. The Balaban J connectivity index is 1.65. The van der Waals surface area contributed by atoms with Crippen molar-refractivity contribution in [1.29, 1.82) is 0 Å². The van der Waals surface area contributed by atoms with E-state index in [0.717, 1.165) is 39.0 Å². The molecule has 5 nitrogen and oxygen atoms in total. The predicted octanol–water partition coefficient (Wildman–Crippen LogP) is 0.361. The van der Waals surface area contributed by atoms with Gasteiger partial charge in [0.05, 0.1) is 5.92 Å². The van der Waals surface area contributed by atoms with Gasteiger partial charge in [-0.3, -0.25) is 9.59 Å². The summed E-state index contributed by atoms with van der Waals surface area (Å²) in [6, 6.07) is 0. The lowest BCUT2D eigenvalue weighted by molar-refractivity contribution is -0.132. The Hall–Kier alpha value is -1.10. The van der Waals surface area contributed by atoms with Crippen molar-refractivity contribution in [3.8, 4) is 0 Å². The summed E-state index contributed by atoms with van der Waals surface area (Å²) >= 11 is 0. The second-order valence-corrected chi connectivity index (χ2v) is 5.72. The highest BCUT2D eigenvalue weighted by Crippen LogP contribution is 2.15. The molecule has 2 unspecified atom stereocenters. The van der Waals surface area contributed by atoms with Crippen LogP contribution in [0.5, 0.6) is 0 Å². The molecule has 0 aliphatic carbocycles. The quantitative estimate of drug-likeness (QED) is 0.773. The third-order valence-corrected chi connectivity index (χ3v) is 4.20. The molecule has 0 aromatic rings. The molecule has 2 aliphatic rings. The molecular weight excluding hydrogens is 242 g/mol. The number of hydrogen-bond acceptors (Lipinski definition) is 3. The topological polar surface area (TPSA) is 61.4 Å². The van der Waals surface area contributed by atoms with E-state index in [1.54, 1.807) is 0 Å². The molecule has 0 aromatic heterocycles. The third-order valence-electron chi connectivity index (χ3n) is 4.20. The molecule has 2 fully saturated rings. The van der Waals surface area contributed by atoms with Crippen molar-refractivity contribution in [2.75, 3.05) is 32.7 Å². The first-order valence-corrected chi connectivity index (χ1v) is 7.44. The molecule has 0 saturated carbocycles. The number of nitrogens with one attached hydrogen (secondary N) is 2. The first kappa shape index (κ1) is 14.3. The van der Waals surface area contributed by atoms with Crippen molar-refractivity contribution in [3.05, 3.63) is 0 Å². The van der Waals surface area contributed by atoms with E-state index in [4.69, 9.17) is 0 Å². The van der Waals surface area contributed by atoms with E-state index >= 15 is 0 Å². The van der Waals surface area contributed by atoms with E-state index in [9.17, 15) is 9.59 Å². The van der Waals surface area contributed by atoms with Crippen LogP contribution in [0, 0.1) is 11.8 Å². The van der Waals surface area contributed by atoms with Crippen LogP contribution in [0.4, 0.5) is 0 Å². The van der Waals surface area contributed by atoms with Crippen LogP contribution in [0.3, 0.4) is 0 Å².